The number of hydrogen-bond donors (Lipinski definition) is 2. The first-order valence-electron chi connectivity index (χ1n) is 5.67. The largest absolute Gasteiger partial charge is 0.382 e. The molecule has 0 amide bonds. The lowest BCUT2D eigenvalue weighted by Crippen LogP contribution is -2.34. The number of methoxy groups -OCH3 is 2. The third-order valence-corrected chi connectivity index (χ3v) is 2.45. The van der Waals surface area contributed by atoms with E-state index in [0.29, 0.717) is 12.5 Å². The first-order valence-corrected chi connectivity index (χ1v) is 5.67. The van der Waals surface area contributed by atoms with Crippen LogP contribution in [-0.4, -0.2) is 46.6 Å². The molecular weight excluding hydrogens is 192 g/mol. The Labute approximate surface area is 93.5 Å². The Bertz CT molecular complexity index is 134. The molecule has 15 heavy (non-hydrogen) atoms. The van der Waals surface area contributed by atoms with Gasteiger partial charge in [-0.25, -0.2) is 0 Å². The molecule has 0 bridgehead atoms. The second kappa shape index (κ2) is 10.4. The van der Waals surface area contributed by atoms with Gasteiger partial charge in [0.05, 0.1) is 12.7 Å². The molecular formula is C11H26N2O2. The summed E-state index contributed by atoms with van der Waals surface area (Å²) in [5.74, 6) is 0.675. The van der Waals surface area contributed by atoms with Crippen LogP contribution >= 0.6 is 0 Å². The molecule has 0 saturated heterocycles. The van der Waals surface area contributed by atoms with Gasteiger partial charge in [0.1, 0.15) is 0 Å². The van der Waals surface area contributed by atoms with Crippen LogP contribution in [0, 0.1) is 5.92 Å². The quantitative estimate of drug-likeness (QED) is 0.564. The van der Waals surface area contributed by atoms with E-state index in [1.54, 1.807) is 14.2 Å². The van der Waals surface area contributed by atoms with Crippen molar-refractivity contribution in [3.8, 4) is 0 Å². The standard InChI is InChI=1S/C11H26N2O2/c1-10(5-4-6-12)7-13-8-11(15-3)9-14-2/h10-11,13H,4-9,12H2,1-3H3. The molecule has 0 heterocycles. The zero-order chi connectivity index (χ0) is 11.5. The fourth-order valence-corrected chi connectivity index (χ4v) is 1.46. The summed E-state index contributed by atoms with van der Waals surface area (Å²) in [6.45, 7) is 5.52. The Hall–Kier alpha value is -0.160. The van der Waals surface area contributed by atoms with E-state index in [1.807, 2.05) is 0 Å². The zero-order valence-corrected chi connectivity index (χ0v) is 10.3. The molecule has 0 aromatic carbocycles. The molecule has 0 aliphatic carbocycles. The van der Waals surface area contributed by atoms with E-state index in [0.717, 1.165) is 26.1 Å². The molecule has 0 radical (unpaired) electrons. The lowest BCUT2D eigenvalue weighted by Gasteiger charge is -2.17. The minimum atomic E-state index is 0.150. The molecule has 0 aliphatic rings. The molecule has 92 valence electrons. The third-order valence-electron chi connectivity index (χ3n) is 2.45. The molecule has 0 fully saturated rings. The predicted molar refractivity (Wildman–Crippen MR) is 63.0 cm³/mol. The summed E-state index contributed by atoms with van der Waals surface area (Å²) in [6.07, 6.45) is 2.44. The number of ether oxygens (including phenoxy) is 2. The summed E-state index contributed by atoms with van der Waals surface area (Å²) in [6, 6.07) is 0. The molecule has 0 rings (SSSR count). The monoisotopic (exact) mass is 218 g/mol. The van der Waals surface area contributed by atoms with Gasteiger partial charge in [-0.1, -0.05) is 6.92 Å². The molecule has 3 N–H and O–H groups in total. The molecule has 2 unspecified atom stereocenters. The van der Waals surface area contributed by atoms with E-state index in [1.165, 1.54) is 6.42 Å². The summed E-state index contributed by atoms with van der Waals surface area (Å²) in [5.41, 5.74) is 5.46. The van der Waals surface area contributed by atoms with Gasteiger partial charge < -0.3 is 20.5 Å². The molecule has 0 saturated carbocycles. The third kappa shape index (κ3) is 8.81. The Balaban J connectivity index is 3.41. The van der Waals surface area contributed by atoms with Crippen LogP contribution in [0.25, 0.3) is 0 Å². The highest BCUT2D eigenvalue weighted by atomic mass is 16.5. The second-order valence-electron chi connectivity index (χ2n) is 4.01. The Morgan fingerprint density at radius 2 is 2.00 bits per heavy atom. The number of nitrogens with one attached hydrogen (secondary N) is 1. The van der Waals surface area contributed by atoms with E-state index in [2.05, 4.69) is 12.2 Å². The number of nitrogens with two attached hydrogens (primary N) is 1. The zero-order valence-electron chi connectivity index (χ0n) is 10.3. The van der Waals surface area contributed by atoms with Gasteiger partial charge in [-0.05, 0) is 31.8 Å². The molecule has 0 aromatic heterocycles. The average Bonchev–Trinajstić information content (AvgIpc) is 2.25. The van der Waals surface area contributed by atoms with E-state index in [-0.39, 0.29) is 6.10 Å². The smallest absolute Gasteiger partial charge is 0.0928 e. The van der Waals surface area contributed by atoms with Gasteiger partial charge in [0, 0.05) is 20.8 Å². The highest BCUT2D eigenvalue weighted by Crippen LogP contribution is 2.02. The van der Waals surface area contributed by atoms with Crippen molar-refractivity contribution in [2.75, 3.05) is 40.5 Å². The van der Waals surface area contributed by atoms with Crippen molar-refractivity contribution in [2.45, 2.75) is 25.9 Å². The Morgan fingerprint density at radius 3 is 2.53 bits per heavy atom. The van der Waals surface area contributed by atoms with E-state index in [4.69, 9.17) is 15.2 Å². The fourth-order valence-electron chi connectivity index (χ4n) is 1.46. The molecule has 0 aromatic rings. The van der Waals surface area contributed by atoms with Crippen molar-refractivity contribution in [3.63, 3.8) is 0 Å². The van der Waals surface area contributed by atoms with Crippen molar-refractivity contribution in [2.24, 2.45) is 11.7 Å². The maximum absolute atomic E-state index is 5.46. The highest BCUT2D eigenvalue weighted by molar-refractivity contribution is 4.63. The van der Waals surface area contributed by atoms with Crippen LogP contribution in [-0.2, 0) is 9.47 Å². The van der Waals surface area contributed by atoms with E-state index >= 15 is 0 Å². The van der Waals surface area contributed by atoms with Gasteiger partial charge in [0.15, 0.2) is 0 Å². The topological polar surface area (TPSA) is 56.5 Å². The highest BCUT2D eigenvalue weighted by Gasteiger charge is 2.07. The van der Waals surface area contributed by atoms with Crippen LogP contribution in [0.5, 0.6) is 0 Å². The van der Waals surface area contributed by atoms with Crippen molar-refractivity contribution < 1.29 is 9.47 Å². The first kappa shape index (κ1) is 14.8. The van der Waals surface area contributed by atoms with Crippen LogP contribution in [0.15, 0.2) is 0 Å². The Kier molecular flexibility index (Phi) is 10.3. The van der Waals surface area contributed by atoms with Crippen LogP contribution in [0.4, 0.5) is 0 Å². The lowest BCUT2D eigenvalue weighted by molar-refractivity contribution is 0.0285. The van der Waals surface area contributed by atoms with Gasteiger partial charge in [-0.3, -0.25) is 0 Å². The SMILES string of the molecule is COCC(CNCC(C)CCCN)OC. The minimum Gasteiger partial charge on any atom is -0.382 e. The van der Waals surface area contributed by atoms with E-state index in [9.17, 15) is 0 Å². The number of hydrogen-bond acceptors (Lipinski definition) is 4. The fraction of sp³-hybridized carbons (Fsp3) is 1.00. The molecule has 2 atom stereocenters. The summed E-state index contributed by atoms with van der Waals surface area (Å²) < 4.78 is 10.3. The van der Waals surface area contributed by atoms with Crippen LogP contribution in [0.1, 0.15) is 19.8 Å². The van der Waals surface area contributed by atoms with Gasteiger partial charge in [0.2, 0.25) is 0 Å². The summed E-state index contributed by atoms with van der Waals surface area (Å²) in [7, 11) is 3.40. The van der Waals surface area contributed by atoms with Gasteiger partial charge in [0.25, 0.3) is 0 Å². The molecule has 4 nitrogen and oxygen atoms in total. The summed E-state index contributed by atoms with van der Waals surface area (Å²) in [4.78, 5) is 0. The van der Waals surface area contributed by atoms with Gasteiger partial charge in [-0.15, -0.1) is 0 Å². The van der Waals surface area contributed by atoms with Gasteiger partial charge in [-0.2, -0.15) is 0 Å². The van der Waals surface area contributed by atoms with Crippen LogP contribution in [0.3, 0.4) is 0 Å². The Morgan fingerprint density at radius 1 is 1.27 bits per heavy atom. The second-order valence-corrected chi connectivity index (χ2v) is 4.01. The van der Waals surface area contributed by atoms with Crippen molar-refractivity contribution >= 4 is 0 Å². The number of rotatable bonds is 10. The maximum Gasteiger partial charge on any atom is 0.0928 e. The molecule has 0 spiro atoms. The maximum atomic E-state index is 5.46. The van der Waals surface area contributed by atoms with Gasteiger partial charge >= 0.3 is 0 Å². The van der Waals surface area contributed by atoms with Crippen LogP contribution < -0.4 is 11.1 Å². The average molecular weight is 218 g/mol. The lowest BCUT2D eigenvalue weighted by atomic mass is 10.1. The van der Waals surface area contributed by atoms with Crippen molar-refractivity contribution in [1.82, 2.24) is 5.32 Å². The molecule has 4 heteroatoms. The summed E-state index contributed by atoms with van der Waals surface area (Å²) in [5, 5.41) is 3.38. The van der Waals surface area contributed by atoms with Crippen LogP contribution in [0.2, 0.25) is 0 Å². The first-order chi connectivity index (χ1) is 7.24. The molecule has 0 aliphatic heterocycles. The van der Waals surface area contributed by atoms with Crippen molar-refractivity contribution in [3.05, 3.63) is 0 Å². The summed E-state index contributed by atoms with van der Waals surface area (Å²) >= 11 is 0. The predicted octanol–water partition coefficient (Wildman–Crippen LogP) is 0.612. The normalized spacial score (nSPS) is 15.2. The van der Waals surface area contributed by atoms with E-state index < -0.39 is 0 Å². The minimum absolute atomic E-state index is 0.150. The van der Waals surface area contributed by atoms with Crippen molar-refractivity contribution in [1.29, 1.82) is 0 Å².